The third-order valence-electron chi connectivity index (χ3n) is 5.80. The lowest BCUT2D eigenvalue weighted by molar-refractivity contribution is 0.243. The van der Waals surface area contributed by atoms with Crippen LogP contribution in [0.3, 0.4) is 0 Å². The van der Waals surface area contributed by atoms with Crippen molar-refractivity contribution in [2.75, 3.05) is 31.1 Å². The van der Waals surface area contributed by atoms with Crippen molar-refractivity contribution in [3.8, 4) is 11.4 Å². The Morgan fingerprint density at radius 2 is 1.75 bits per heavy atom. The molecule has 1 saturated heterocycles. The summed E-state index contributed by atoms with van der Waals surface area (Å²) in [7, 11) is 0. The van der Waals surface area contributed by atoms with Crippen LogP contribution in [0.4, 0.5) is 5.82 Å². The summed E-state index contributed by atoms with van der Waals surface area (Å²) >= 11 is 0. The molecule has 0 spiro atoms. The molecule has 3 aromatic heterocycles. The monoisotopic (exact) mass is 427 g/mol. The molecule has 0 amide bonds. The van der Waals surface area contributed by atoms with Gasteiger partial charge in [-0.1, -0.05) is 19.1 Å². The summed E-state index contributed by atoms with van der Waals surface area (Å²) in [4.78, 5) is 38.2. The van der Waals surface area contributed by atoms with E-state index in [-0.39, 0.29) is 5.56 Å². The number of nitrogens with one attached hydrogen (secondary N) is 1. The van der Waals surface area contributed by atoms with Crippen molar-refractivity contribution in [1.29, 1.82) is 0 Å². The minimum absolute atomic E-state index is 0.0824. The van der Waals surface area contributed by atoms with Gasteiger partial charge < -0.3 is 9.88 Å². The van der Waals surface area contributed by atoms with Crippen molar-refractivity contribution in [1.82, 2.24) is 29.8 Å². The van der Waals surface area contributed by atoms with Crippen LogP contribution >= 0.6 is 0 Å². The highest BCUT2D eigenvalue weighted by atomic mass is 16.1. The minimum atomic E-state index is -0.0824. The van der Waals surface area contributed by atoms with Crippen molar-refractivity contribution >= 4 is 16.7 Å². The first-order valence-corrected chi connectivity index (χ1v) is 10.9. The van der Waals surface area contributed by atoms with Gasteiger partial charge in [-0.15, -0.1) is 0 Å². The highest BCUT2D eigenvalue weighted by molar-refractivity contribution is 5.77. The SMILES string of the molecule is CCc1cc(N2CCN(Cc3nc4ccccc4c(=O)[nH]3)CC2)nc(-c2ccncc2)n1. The summed E-state index contributed by atoms with van der Waals surface area (Å²) < 4.78 is 0. The Bertz CT molecular complexity index is 1280. The van der Waals surface area contributed by atoms with E-state index < -0.39 is 0 Å². The maximum Gasteiger partial charge on any atom is 0.258 e. The van der Waals surface area contributed by atoms with E-state index in [1.165, 1.54) is 0 Å². The molecule has 0 aliphatic carbocycles. The summed E-state index contributed by atoms with van der Waals surface area (Å²) in [5.74, 6) is 2.40. The molecule has 32 heavy (non-hydrogen) atoms. The van der Waals surface area contributed by atoms with Crippen molar-refractivity contribution in [3.05, 3.63) is 76.7 Å². The maximum atomic E-state index is 12.3. The van der Waals surface area contributed by atoms with Gasteiger partial charge in [0, 0.05) is 55.9 Å². The first kappa shape index (κ1) is 20.3. The summed E-state index contributed by atoms with van der Waals surface area (Å²) in [5.41, 5.74) is 2.66. The van der Waals surface area contributed by atoms with Gasteiger partial charge in [0.2, 0.25) is 0 Å². The quantitative estimate of drug-likeness (QED) is 0.524. The Labute approximate surface area is 186 Å². The fraction of sp³-hybridized carbons (Fsp3) is 0.292. The Morgan fingerprint density at radius 3 is 2.53 bits per heavy atom. The molecular formula is C24H25N7O. The van der Waals surface area contributed by atoms with Crippen molar-refractivity contribution < 1.29 is 0 Å². The molecule has 1 fully saturated rings. The average Bonchev–Trinajstić information content (AvgIpc) is 2.85. The van der Waals surface area contributed by atoms with E-state index in [4.69, 9.17) is 9.97 Å². The van der Waals surface area contributed by atoms with Crippen LogP contribution in [0.25, 0.3) is 22.3 Å². The number of benzene rings is 1. The lowest BCUT2D eigenvalue weighted by Gasteiger charge is -2.35. The van der Waals surface area contributed by atoms with E-state index >= 15 is 0 Å². The lowest BCUT2D eigenvalue weighted by atomic mass is 10.2. The molecule has 8 heteroatoms. The number of anilines is 1. The number of aromatic amines is 1. The number of aromatic nitrogens is 5. The number of aryl methyl sites for hydroxylation is 1. The molecule has 5 rings (SSSR count). The van der Waals surface area contributed by atoms with Gasteiger partial charge in [-0.2, -0.15) is 0 Å². The summed E-state index contributed by atoms with van der Waals surface area (Å²) in [6.45, 7) is 6.18. The largest absolute Gasteiger partial charge is 0.354 e. The number of para-hydroxylation sites is 1. The van der Waals surface area contributed by atoms with Gasteiger partial charge in [0.25, 0.3) is 5.56 Å². The summed E-state index contributed by atoms with van der Waals surface area (Å²) in [6.07, 6.45) is 4.39. The molecule has 0 bridgehead atoms. The fourth-order valence-corrected chi connectivity index (χ4v) is 4.01. The molecule has 0 saturated carbocycles. The van der Waals surface area contributed by atoms with Gasteiger partial charge in [0.15, 0.2) is 5.82 Å². The first-order valence-electron chi connectivity index (χ1n) is 10.9. The van der Waals surface area contributed by atoms with Crippen LogP contribution < -0.4 is 10.5 Å². The highest BCUT2D eigenvalue weighted by Crippen LogP contribution is 2.21. The number of hydrogen-bond donors (Lipinski definition) is 1. The van der Waals surface area contributed by atoms with Gasteiger partial charge in [0.1, 0.15) is 11.6 Å². The van der Waals surface area contributed by atoms with Crippen LogP contribution in [-0.2, 0) is 13.0 Å². The first-order chi connectivity index (χ1) is 15.7. The highest BCUT2D eigenvalue weighted by Gasteiger charge is 2.20. The van der Waals surface area contributed by atoms with Gasteiger partial charge in [0.05, 0.1) is 17.4 Å². The average molecular weight is 428 g/mol. The Morgan fingerprint density at radius 1 is 0.969 bits per heavy atom. The van der Waals surface area contributed by atoms with Gasteiger partial charge in [-0.25, -0.2) is 15.0 Å². The molecule has 0 atom stereocenters. The zero-order valence-corrected chi connectivity index (χ0v) is 18.0. The van der Waals surface area contributed by atoms with Crippen molar-refractivity contribution in [2.24, 2.45) is 0 Å². The van der Waals surface area contributed by atoms with Crippen molar-refractivity contribution in [3.63, 3.8) is 0 Å². The predicted octanol–water partition coefficient (Wildman–Crippen LogP) is 2.66. The van der Waals surface area contributed by atoms with Crippen LogP contribution in [-0.4, -0.2) is 56.0 Å². The second-order valence-corrected chi connectivity index (χ2v) is 7.92. The van der Waals surface area contributed by atoms with Crippen LogP contribution in [0.5, 0.6) is 0 Å². The molecular weight excluding hydrogens is 402 g/mol. The number of fused-ring (bicyclic) bond motifs is 1. The zero-order valence-electron chi connectivity index (χ0n) is 18.0. The van der Waals surface area contributed by atoms with Gasteiger partial charge in [-0.3, -0.25) is 14.7 Å². The second-order valence-electron chi connectivity index (χ2n) is 7.92. The molecule has 0 unspecified atom stereocenters. The molecule has 4 heterocycles. The molecule has 4 aromatic rings. The Hall–Kier alpha value is -3.65. The van der Waals surface area contributed by atoms with Crippen LogP contribution in [0.2, 0.25) is 0 Å². The molecule has 1 aliphatic heterocycles. The Balaban J connectivity index is 1.30. The topological polar surface area (TPSA) is 90.9 Å². The van der Waals surface area contributed by atoms with E-state index in [2.05, 4.69) is 37.7 Å². The van der Waals surface area contributed by atoms with E-state index in [9.17, 15) is 4.79 Å². The number of nitrogens with zero attached hydrogens (tertiary/aromatic N) is 6. The zero-order chi connectivity index (χ0) is 21.9. The number of H-pyrrole nitrogens is 1. The third-order valence-corrected chi connectivity index (χ3v) is 5.80. The second kappa shape index (κ2) is 8.84. The molecule has 1 aromatic carbocycles. The number of pyridine rings is 1. The Kier molecular flexibility index (Phi) is 5.60. The number of piperazine rings is 1. The normalized spacial score (nSPS) is 14.7. The summed E-state index contributed by atoms with van der Waals surface area (Å²) in [6, 6.07) is 13.4. The van der Waals surface area contributed by atoms with E-state index in [1.807, 2.05) is 30.3 Å². The molecule has 162 valence electrons. The van der Waals surface area contributed by atoms with Crippen LogP contribution in [0, 0.1) is 0 Å². The maximum absolute atomic E-state index is 12.3. The minimum Gasteiger partial charge on any atom is -0.354 e. The van der Waals surface area contributed by atoms with Crippen molar-refractivity contribution in [2.45, 2.75) is 19.9 Å². The smallest absolute Gasteiger partial charge is 0.258 e. The fourth-order valence-electron chi connectivity index (χ4n) is 4.01. The third kappa shape index (κ3) is 4.22. The molecule has 1 aliphatic rings. The predicted molar refractivity (Wildman–Crippen MR) is 124 cm³/mol. The number of hydrogen-bond acceptors (Lipinski definition) is 7. The molecule has 8 nitrogen and oxygen atoms in total. The molecule has 1 N–H and O–H groups in total. The summed E-state index contributed by atoms with van der Waals surface area (Å²) in [5, 5.41) is 0.626. The van der Waals surface area contributed by atoms with E-state index in [0.717, 1.165) is 61.0 Å². The van der Waals surface area contributed by atoms with Gasteiger partial charge >= 0.3 is 0 Å². The molecule has 0 radical (unpaired) electrons. The van der Waals surface area contributed by atoms with Gasteiger partial charge in [-0.05, 0) is 30.7 Å². The van der Waals surface area contributed by atoms with E-state index in [1.54, 1.807) is 18.5 Å². The standard InChI is InChI=1S/C24H25N7O/c1-2-18-15-22(29-23(26-18)17-7-9-25-10-8-17)31-13-11-30(12-14-31)16-21-27-20-6-4-3-5-19(20)24(32)28-21/h3-10,15H,2,11-14,16H2,1H3,(H,27,28,32). The lowest BCUT2D eigenvalue weighted by Crippen LogP contribution is -2.46. The van der Waals surface area contributed by atoms with Crippen LogP contribution in [0.15, 0.2) is 59.7 Å². The van der Waals surface area contributed by atoms with E-state index in [0.29, 0.717) is 17.8 Å². The number of rotatable bonds is 5. The van der Waals surface area contributed by atoms with Crippen LogP contribution in [0.1, 0.15) is 18.4 Å².